The van der Waals surface area contributed by atoms with Crippen LogP contribution in [-0.2, 0) is 44.0 Å². The summed E-state index contributed by atoms with van der Waals surface area (Å²) in [4.78, 5) is 85.5. The maximum atomic E-state index is 13.1. The molecule has 2 aromatic heterocycles. The lowest BCUT2D eigenvalue weighted by molar-refractivity contribution is -0.164. The van der Waals surface area contributed by atoms with Crippen LogP contribution >= 0.6 is 23.4 Å². The van der Waals surface area contributed by atoms with Gasteiger partial charge >= 0.3 is 11.9 Å². The number of benzene rings is 2. The molecule has 4 aromatic rings. The molecule has 63 heavy (non-hydrogen) atoms. The highest BCUT2D eigenvalue weighted by atomic mass is 35.5. The number of carbonyl (C=O) groups is 6. The number of nitrogens with two attached hydrogens (primary N) is 5. The van der Waals surface area contributed by atoms with E-state index in [0.29, 0.717) is 27.7 Å². The fourth-order valence-corrected chi connectivity index (χ4v) is 6.58. The molecule has 20 nitrogen and oxygen atoms in total. The third kappa shape index (κ3) is 14.0. The highest BCUT2D eigenvalue weighted by molar-refractivity contribution is 7.98. The number of oxazole rings is 1. The fourth-order valence-electron chi connectivity index (χ4n) is 5.58. The number of hydrogen-bond donors (Lipinski definition) is 6. The van der Waals surface area contributed by atoms with Crippen molar-refractivity contribution < 1.29 is 47.4 Å². The quantitative estimate of drug-likeness (QED) is 0.0375. The zero-order valence-electron chi connectivity index (χ0n) is 33.9. The van der Waals surface area contributed by atoms with Crippen molar-refractivity contribution in [1.82, 2.24) is 15.3 Å². The van der Waals surface area contributed by atoms with E-state index in [4.69, 9.17) is 65.5 Å². The smallest absolute Gasteiger partial charge is 0.328 e. The average molecular weight is 903 g/mol. The number of anilines is 1. The van der Waals surface area contributed by atoms with Crippen LogP contribution < -0.4 is 38.7 Å². The summed E-state index contributed by atoms with van der Waals surface area (Å²) < 4.78 is 22.4. The van der Waals surface area contributed by atoms with Crippen LogP contribution in [0.3, 0.4) is 0 Å². The number of amides is 3. The lowest BCUT2D eigenvalue weighted by Gasteiger charge is -2.22. The Bertz CT molecular complexity index is 2420. The van der Waals surface area contributed by atoms with Crippen molar-refractivity contribution in [3.63, 3.8) is 0 Å². The molecule has 0 aliphatic carbocycles. The van der Waals surface area contributed by atoms with E-state index in [1.165, 1.54) is 44.0 Å². The minimum atomic E-state index is -1.33. The Hall–Kier alpha value is -7.04. The first-order chi connectivity index (χ1) is 29.9. The summed E-state index contributed by atoms with van der Waals surface area (Å²) in [6.45, 7) is 9.54. The number of nitriles is 1. The van der Waals surface area contributed by atoms with Gasteiger partial charge < -0.3 is 52.6 Å². The fraction of sp³-hybridized carbons (Fsp3) is 0.317. The van der Waals surface area contributed by atoms with Gasteiger partial charge in [0.25, 0.3) is 0 Å². The van der Waals surface area contributed by atoms with Crippen LogP contribution in [0.25, 0.3) is 27.4 Å². The summed E-state index contributed by atoms with van der Waals surface area (Å²) in [6.07, 6.45) is -1.06. The summed E-state index contributed by atoms with van der Waals surface area (Å²) in [5.41, 5.74) is 29.8. The van der Waals surface area contributed by atoms with Gasteiger partial charge in [0.05, 0.1) is 42.3 Å². The maximum Gasteiger partial charge on any atom is 0.328 e. The first-order valence-corrected chi connectivity index (χ1v) is 20.2. The largest absolute Gasteiger partial charge is 0.490 e. The molecule has 4 rings (SSSR count). The van der Waals surface area contributed by atoms with Gasteiger partial charge in [0.15, 0.2) is 11.9 Å². The Morgan fingerprint density at radius 2 is 1.56 bits per heavy atom. The number of ketones is 1. The Morgan fingerprint density at radius 1 is 0.921 bits per heavy atom. The number of primary amides is 2. The summed E-state index contributed by atoms with van der Waals surface area (Å²) in [5, 5.41) is 13.4. The van der Waals surface area contributed by atoms with Gasteiger partial charge in [-0.2, -0.15) is 5.26 Å². The molecule has 0 radical (unpaired) electrons. The summed E-state index contributed by atoms with van der Waals surface area (Å²) in [6, 6.07) is 11.4. The molecule has 0 bridgehead atoms. The molecular weight excluding hydrogens is 860 g/mol. The lowest BCUT2D eigenvalue weighted by atomic mass is 9.99. The number of hydrogen-bond acceptors (Lipinski definition) is 17. The molecule has 0 spiro atoms. The third-order valence-corrected chi connectivity index (χ3v) is 10.1. The molecule has 2 aromatic carbocycles. The number of Topliss-reactive ketones (excluding diaryl/α,β-unsaturated/α-hetero) is 1. The highest BCUT2D eigenvalue weighted by Gasteiger charge is 2.28. The lowest BCUT2D eigenvalue weighted by Crippen LogP contribution is -2.49. The molecular formula is C41H43ClN10O10S. The minimum Gasteiger partial charge on any atom is -0.490 e. The van der Waals surface area contributed by atoms with Gasteiger partial charge in [0.1, 0.15) is 48.2 Å². The molecule has 3 amide bonds. The van der Waals surface area contributed by atoms with Gasteiger partial charge in [-0.05, 0) is 48.9 Å². The third-order valence-electron chi connectivity index (χ3n) is 8.88. The molecule has 11 N–H and O–H groups in total. The number of nitrogens with one attached hydrogen (secondary N) is 1. The van der Waals surface area contributed by atoms with Gasteiger partial charge in [0, 0.05) is 34.7 Å². The summed E-state index contributed by atoms with van der Waals surface area (Å²) in [5.74, 6) is -5.20. The number of nitrogens with zero attached hydrogens (tertiary/aromatic N) is 4. The Balaban J connectivity index is 1.50. The standard InChI is InChI=1S/C41H43ClN10O10S/c1-20(12-31(53)29(44)13-32(46)54)40(57)61-18-27(62-41(58)21(2)50-37(56)30(45)14-33(47)55)17-59-26-10-6-22(7-11-26)34-28(15-43)39(52-36(48)35(34)49-3)63-19-25-16-60-38(51-25)23-4-8-24(42)9-5-23/h4-11,16,20-21,27,29-30H,12-14,17-19,44-45H2,1-2H3,(H2,46,54)(H2,47,55)(H2,48,52)(H,50,56)/t20-,21+,27+,29+,30+/m1/s1. The topological polar surface area (TPSA) is 339 Å². The van der Waals surface area contributed by atoms with Crippen molar-refractivity contribution in [2.75, 3.05) is 18.9 Å². The number of aromatic nitrogens is 2. The summed E-state index contributed by atoms with van der Waals surface area (Å²) >= 11 is 7.16. The Morgan fingerprint density at radius 3 is 2.17 bits per heavy atom. The zero-order chi connectivity index (χ0) is 46.4. The molecule has 0 fully saturated rings. The number of rotatable bonds is 22. The predicted molar refractivity (Wildman–Crippen MR) is 228 cm³/mol. The van der Waals surface area contributed by atoms with E-state index in [9.17, 15) is 34.0 Å². The normalized spacial score (nSPS) is 13.2. The SMILES string of the molecule is [C-]#[N+]c1c(N)nc(SCc2coc(-c3ccc(Cl)cc3)n2)c(C#N)c1-c1ccc(OC[C@@H](COC(=O)[C@H](C)CC(=O)[C@@H](N)CC(N)=O)OC(=O)[C@H](C)NC(=O)[C@@H](N)CC(N)=O)cc1. The highest BCUT2D eigenvalue weighted by Crippen LogP contribution is 2.42. The van der Waals surface area contributed by atoms with E-state index >= 15 is 0 Å². The van der Waals surface area contributed by atoms with Crippen LogP contribution in [-0.4, -0.2) is 82.9 Å². The molecule has 5 atom stereocenters. The molecule has 2 heterocycles. The number of nitrogen functional groups attached to an aromatic ring is 1. The molecule has 0 saturated heterocycles. The second kappa shape index (κ2) is 22.7. The van der Waals surface area contributed by atoms with Crippen molar-refractivity contribution in [2.24, 2.45) is 28.9 Å². The monoisotopic (exact) mass is 902 g/mol. The van der Waals surface area contributed by atoms with Crippen molar-refractivity contribution in [1.29, 1.82) is 5.26 Å². The van der Waals surface area contributed by atoms with Gasteiger partial charge in [-0.15, -0.1) is 0 Å². The van der Waals surface area contributed by atoms with E-state index in [-0.39, 0.29) is 45.6 Å². The van der Waals surface area contributed by atoms with Gasteiger partial charge in [-0.3, -0.25) is 24.0 Å². The van der Waals surface area contributed by atoms with Gasteiger partial charge in [0.2, 0.25) is 29.3 Å². The second-order valence-electron chi connectivity index (χ2n) is 13.9. The van der Waals surface area contributed by atoms with Gasteiger partial charge in [-0.1, -0.05) is 42.4 Å². The molecule has 330 valence electrons. The van der Waals surface area contributed by atoms with Crippen LogP contribution in [0.4, 0.5) is 11.5 Å². The minimum absolute atomic E-state index is 0.0487. The van der Waals surface area contributed by atoms with E-state index in [1.54, 1.807) is 36.4 Å². The number of ether oxygens (including phenoxy) is 3. The number of esters is 2. The van der Waals surface area contributed by atoms with Crippen LogP contribution in [0.1, 0.15) is 44.4 Å². The first kappa shape index (κ1) is 48.6. The van der Waals surface area contributed by atoms with Crippen molar-refractivity contribution in [3.8, 4) is 34.4 Å². The van der Waals surface area contributed by atoms with Crippen LogP contribution in [0, 0.1) is 23.8 Å². The van der Waals surface area contributed by atoms with Crippen molar-refractivity contribution in [2.45, 2.75) is 68.1 Å². The molecule has 22 heteroatoms. The van der Waals surface area contributed by atoms with Crippen LogP contribution in [0.2, 0.25) is 5.02 Å². The van der Waals surface area contributed by atoms with Crippen LogP contribution in [0.15, 0.2) is 64.2 Å². The Kier molecular flexibility index (Phi) is 17.5. The number of halogens is 1. The zero-order valence-corrected chi connectivity index (χ0v) is 35.4. The number of carbonyl (C=O) groups excluding carboxylic acids is 6. The van der Waals surface area contributed by atoms with Crippen LogP contribution in [0.5, 0.6) is 5.75 Å². The van der Waals surface area contributed by atoms with E-state index in [0.717, 1.165) is 0 Å². The van der Waals surface area contributed by atoms with Crippen molar-refractivity contribution in [3.05, 3.63) is 82.5 Å². The second-order valence-corrected chi connectivity index (χ2v) is 15.3. The Labute approximate surface area is 369 Å². The molecule has 0 aliphatic heterocycles. The van der Waals surface area contributed by atoms with Crippen molar-refractivity contribution >= 4 is 70.3 Å². The van der Waals surface area contributed by atoms with E-state index in [2.05, 4.69) is 26.2 Å². The first-order valence-electron chi connectivity index (χ1n) is 18.9. The maximum absolute atomic E-state index is 13.1. The molecule has 0 unspecified atom stereocenters. The number of thioether (sulfide) groups is 1. The molecule has 0 saturated carbocycles. The van der Waals surface area contributed by atoms with E-state index in [1.807, 2.05) is 0 Å². The average Bonchev–Trinajstić information content (AvgIpc) is 3.72. The number of pyridine rings is 1. The summed E-state index contributed by atoms with van der Waals surface area (Å²) in [7, 11) is 0. The predicted octanol–water partition coefficient (Wildman–Crippen LogP) is 2.69. The van der Waals surface area contributed by atoms with E-state index < -0.39 is 91.6 Å². The molecule has 0 aliphatic rings. The van der Waals surface area contributed by atoms with Gasteiger partial charge in [-0.25, -0.2) is 19.6 Å².